The molecule has 6 nitrogen and oxygen atoms in total. The van der Waals surface area contributed by atoms with Crippen molar-refractivity contribution in [3.05, 3.63) is 53.5 Å². The molecule has 1 aliphatic rings. The van der Waals surface area contributed by atoms with Gasteiger partial charge in [-0.1, -0.05) is 24.3 Å². The first kappa shape index (κ1) is 13.2. The van der Waals surface area contributed by atoms with Gasteiger partial charge in [-0.15, -0.1) is 0 Å². The van der Waals surface area contributed by atoms with Crippen molar-refractivity contribution in [1.29, 1.82) is 0 Å². The molecule has 2 N–H and O–H groups in total. The molecule has 1 unspecified atom stereocenters. The lowest BCUT2D eigenvalue weighted by Gasteiger charge is -2.27. The SMILES string of the molecule is Cc1cc(NCC2NCCc3ccccc32)n2ncnc2n1. The Hall–Kier alpha value is -2.47. The lowest BCUT2D eigenvalue weighted by atomic mass is 9.94. The second kappa shape index (κ2) is 5.38. The van der Waals surface area contributed by atoms with Crippen molar-refractivity contribution in [2.45, 2.75) is 19.4 Å². The van der Waals surface area contributed by atoms with Crippen molar-refractivity contribution in [2.24, 2.45) is 0 Å². The molecular formula is C16H18N6. The van der Waals surface area contributed by atoms with Crippen molar-refractivity contribution in [3.8, 4) is 0 Å². The molecule has 22 heavy (non-hydrogen) atoms. The van der Waals surface area contributed by atoms with Gasteiger partial charge in [0.2, 0.25) is 0 Å². The molecule has 6 heteroatoms. The van der Waals surface area contributed by atoms with Gasteiger partial charge in [-0.05, 0) is 31.0 Å². The van der Waals surface area contributed by atoms with Crippen molar-refractivity contribution >= 4 is 11.6 Å². The van der Waals surface area contributed by atoms with Gasteiger partial charge in [-0.2, -0.15) is 14.6 Å². The number of hydrogen-bond acceptors (Lipinski definition) is 5. The van der Waals surface area contributed by atoms with Gasteiger partial charge in [0.1, 0.15) is 12.1 Å². The highest BCUT2D eigenvalue weighted by Crippen LogP contribution is 2.23. The first-order valence-corrected chi connectivity index (χ1v) is 7.54. The first-order valence-electron chi connectivity index (χ1n) is 7.54. The second-order valence-electron chi connectivity index (χ2n) is 5.59. The Labute approximate surface area is 128 Å². The molecule has 2 aromatic heterocycles. The highest BCUT2D eigenvalue weighted by Gasteiger charge is 2.19. The fraction of sp³-hybridized carbons (Fsp3) is 0.312. The summed E-state index contributed by atoms with van der Waals surface area (Å²) in [5.74, 6) is 1.55. The highest BCUT2D eigenvalue weighted by atomic mass is 15.4. The summed E-state index contributed by atoms with van der Waals surface area (Å²) in [4.78, 5) is 8.52. The zero-order chi connectivity index (χ0) is 14.9. The molecule has 3 heterocycles. The van der Waals surface area contributed by atoms with Gasteiger partial charge in [-0.25, -0.2) is 4.98 Å². The summed E-state index contributed by atoms with van der Waals surface area (Å²) >= 11 is 0. The van der Waals surface area contributed by atoms with Crippen LogP contribution in [-0.4, -0.2) is 32.7 Å². The van der Waals surface area contributed by atoms with E-state index in [9.17, 15) is 0 Å². The highest BCUT2D eigenvalue weighted by molar-refractivity contribution is 5.45. The Morgan fingerprint density at radius 3 is 3.23 bits per heavy atom. The minimum atomic E-state index is 0.303. The fourth-order valence-corrected chi connectivity index (χ4v) is 3.04. The number of fused-ring (bicyclic) bond motifs is 2. The number of nitrogens with one attached hydrogen (secondary N) is 2. The molecule has 112 valence electrons. The van der Waals surface area contributed by atoms with E-state index in [-0.39, 0.29) is 0 Å². The number of hydrogen-bond donors (Lipinski definition) is 2. The van der Waals surface area contributed by atoms with Gasteiger partial charge in [0.25, 0.3) is 5.78 Å². The van der Waals surface area contributed by atoms with Gasteiger partial charge in [0.15, 0.2) is 0 Å². The molecule has 0 spiro atoms. The molecule has 0 bridgehead atoms. The van der Waals surface area contributed by atoms with Crippen LogP contribution in [0.5, 0.6) is 0 Å². The average Bonchev–Trinajstić information content (AvgIpc) is 3.00. The van der Waals surface area contributed by atoms with Crippen LogP contribution in [-0.2, 0) is 6.42 Å². The van der Waals surface area contributed by atoms with E-state index in [0.717, 1.165) is 31.0 Å². The summed E-state index contributed by atoms with van der Waals surface area (Å²) < 4.78 is 1.74. The Kier molecular flexibility index (Phi) is 3.23. The van der Waals surface area contributed by atoms with Gasteiger partial charge in [0, 0.05) is 24.3 Å². The number of aromatic nitrogens is 4. The minimum Gasteiger partial charge on any atom is -0.368 e. The molecule has 0 amide bonds. The Balaban J connectivity index is 1.59. The van der Waals surface area contributed by atoms with Crippen molar-refractivity contribution in [3.63, 3.8) is 0 Å². The lowest BCUT2D eigenvalue weighted by molar-refractivity contribution is 0.522. The van der Waals surface area contributed by atoms with Crippen LogP contribution in [0.4, 0.5) is 5.82 Å². The molecule has 1 aliphatic heterocycles. The summed E-state index contributed by atoms with van der Waals surface area (Å²) in [5, 5.41) is 11.3. The lowest BCUT2D eigenvalue weighted by Crippen LogP contribution is -2.34. The third-order valence-electron chi connectivity index (χ3n) is 4.08. The maximum Gasteiger partial charge on any atom is 0.254 e. The molecule has 1 atom stereocenters. The van der Waals surface area contributed by atoms with E-state index in [2.05, 4.69) is 50.0 Å². The number of aryl methyl sites for hydroxylation is 1. The summed E-state index contributed by atoms with van der Waals surface area (Å²) in [6, 6.07) is 10.9. The summed E-state index contributed by atoms with van der Waals surface area (Å²) in [7, 11) is 0. The molecule has 0 fully saturated rings. The van der Waals surface area contributed by atoms with Crippen LogP contribution < -0.4 is 10.6 Å². The Morgan fingerprint density at radius 1 is 1.36 bits per heavy atom. The van der Waals surface area contributed by atoms with Crippen molar-refractivity contribution in [1.82, 2.24) is 24.9 Å². The van der Waals surface area contributed by atoms with Crippen LogP contribution in [0.1, 0.15) is 22.9 Å². The quantitative estimate of drug-likeness (QED) is 0.770. The van der Waals surface area contributed by atoms with E-state index < -0.39 is 0 Å². The predicted octanol–water partition coefficient (Wildman–Crippen LogP) is 1.73. The van der Waals surface area contributed by atoms with Gasteiger partial charge < -0.3 is 10.6 Å². The summed E-state index contributed by atoms with van der Waals surface area (Å²) in [6.07, 6.45) is 2.62. The fourth-order valence-electron chi connectivity index (χ4n) is 3.04. The smallest absolute Gasteiger partial charge is 0.254 e. The number of anilines is 1. The van der Waals surface area contributed by atoms with Crippen LogP contribution in [0, 0.1) is 6.92 Å². The summed E-state index contributed by atoms with van der Waals surface area (Å²) in [5.41, 5.74) is 3.74. The molecule has 0 radical (unpaired) electrons. The maximum atomic E-state index is 4.36. The first-order chi connectivity index (χ1) is 10.8. The van der Waals surface area contributed by atoms with Crippen molar-refractivity contribution < 1.29 is 0 Å². The molecule has 4 rings (SSSR count). The van der Waals surface area contributed by atoms with Gasteiger partial charge >= 0.3 is 0 Å². The number of benzene rings is 1. The zero-order valence-corrected chi connectivity index (χ0v) is 12.5. The average molecular weight is 294 g/mol. The second-order valence-corrected chi connectivity index (χ2v) is 5.59. The van der Waals surface area contributed by atoms with Crippen molar-refractivity contribution in [2.75, 3.05) is 18.4 Å². The van der Waals surface area contributed by atoms with E-state index in [1.807, 2.05) is 13.0 Å². The minimum absolute atomic E-state index is 0.303. The van der Waals surface area contributed by atoms with E-state index in [0.29, 0.717) is 11.8 Å². The topological polar surface area (TPSA) is 67.1 Å². The Bertz CT molecular complexity index is 809. The molecule has 0 saturated heterocycles. The molecule has 1 aromatic carbocycles. The third kappa shape index (κ3) is 2.31. The zero-order valence-electron chi connectivity index (χ0n) is 12.5. The molecular weight excluding hydrogens is 276 g/mol. The van der Waals surface area contributed by atoms with E-state index in [1.165, 1.54) is 17.5 Å². The largest absolute Gasteiger partial charge is 0.368 e. The number of rotatable bonds is 3. The molecule has 3 aromatic rings. The van der Waals surface area contributed by atoms with Crippen LogP contribution in [0.3, 0.4) is 0 Å². The Morgan fingerprint density at radius 2 is 2.27 bits per heavy atom. The van der Waals surface area contributed by atoms with Gasteiger partial charge in [-0.3, -0.25) is 0 Å². The monoisotopic (exact) mass is 294 g/mol. The summed E-state index contributed by atoms with van der Waals surface area (Å²) in [6.45, 7) is 3.78. The number of nitrogens with zero attached hydrogens (tertiary/aromatic N) is 4. The van der Waals surface area contributed by atoms with Crippen LogP contribution in [0.25, 0.3) is 5.78 Å². The predicted molar refractivity (Wildman–Crippen MR) is 84.9 cm³/mol. The maximum absolute atomic E-state index is 4.36. The van der Waals surface area contributed by atoms with E-state index in [1.54, 1.807) is 4.52 Å². The van der Waals surface area contributed by atoms with Gasteiger partial charge in [0.05, 0.1) is 0 Å². The third-order valence-corrected chi connectivity index (χ3v) is 4.08. The van der Waals surface area contributed by atoms with E-state index in [4.69, 9.17) is 0 Å². The standard InChI is InChI=1S/C16H18N6/c1-11-8-15(22-16(21-11)19-10-20-22)18-9-14-13-5-3-2-4-12(13)6-7-17-14/h2-5,8,10,14,17-18H,6-7,9H2,1H3. The van der Waals surface area contributed by atoms with E-state index >= 15 is 0 Å². The normalized spacial score (nSPS) is 17.4. The van der Waals surface area contributed by atoms with Crippen LogP contribution in [0.2, 0.25) is 0 Å². The van der Waals surface area contributed by atoms with Crippen LogP contribution in [0.15, 0.2) is 36.7 Å². The molecule has 0 saturated carbocycles. The van der Waals surface area contributed by atoms with Crippen LogP contribution >= 0.6 is 0 Å². The molecule has 0 aliphatic carbocycles.